The first-order chi connectivity index (χ1) is 6.81. The zero-order valence-electron chi connectivity index (χ0n) is 8.41. The molecule has 0 radical (unpaired) electrons. The van der Waals surface area contributed by atoms with Crippen molar-refractivity contribution in [2.24, 2.45) is 0 Å². The number of hydrogen-bond acceptors (Lipinski definition) is 5. The summed E-state index contributed by atoms with van der Waals surface area (Å²) in [5.41, 5.74) is 1.00. The van der Waals surface area contributed by atoms with Crippen molar-refractivity contribution in [3.8, 4) is 0 Å². The van der Waals surface area contributed by atoms with Crippen molar-refractivity contribution in [3.63, 3.8) is 0 Å². The zero-order chi connectivity index (χ0) is 9.97. The van der Waals surface area contributed by atoms with Gasteiger partial charge in [0.15, 0.2) is 0 Å². The smallest absolute Gasteiger partial charge is 0.367 e. The summed E-state index contributed by atoms with van der Waals surface area (Å²) in [4.78, 5) is 16.8. The van der Waals surface area contributed by atoms with Crippen LogP contribution in [0.2, 0.25) is 0 Å². The Morgan fingerprint density at radius 3 is 3.13 bits per heavy atom. The summed E-state index contributed by atoms with van der Waals surface area (Å²) < 4.78 is 4.89. The second-order valence-corrected chi connectivity index (χ2v) is 4.12. The molecule has 0 fully saturated rings. The number of fused-ring (bicyclic) bond motifs is 1. The van der Waals surface area contributed by atoms with Crippen molar-refractivity contribution < 1.29 is 9.53 Å². The zero-order valence-corrected chi connectivity index (χ0v) is 10.0. The highest BCUT2D eigenvalue weighted by Gasteiger charge is 2.19. The molecule has 0 aromatic carbocycles. The molecule has 1 aliphatic heterocycles. The molecule has 0 saturated carbocycles. The van der Waals surface area contributed by atoms with Gasteiger partial charge in [-0.3, -0.25) is 0 Å². The highest BCUT2D eigenvalue weighted by atomic mass is 35.5. The van der Waals surface area contributed by atoms with Gasteiger partial charge in [0.1, 0.15) is 0 Å². The average Bonchev–Trinajstić information content (AvgIpc) is 2.61. The predicted molar refractivity (Wildman–Crippen MR) is 60.7 cm³/mol. The predicted octanol–water partition coefficient (Wildman–Crippen LogP) is 1.39. The molecular formula is C9H13ClN2O2S. The lowest BCUT2D eigenvalue weighted by molar-refractivity contribution is 0.0525. The number of hydrogen-bond donors (Lipinski definition) is 1. The number of thiazole rings is 1. The Morgan fingerprint density at radius 1 is 1.67 bits per heavy atom. The van der Waals surface area contributed by atoms with E-state index < -0.39 is 0 Å². The van der Waals surface area contributed by atoms with Crippen molar-refractivity contribution in [1.82, 2.24) is 10.3 Å². The van der Waals surface area contributed by atoms with Crippen molar-refractivity contribution in [2.75, 3.05) is 13.2 Å². The van der Waals surface area contributed by atoms with Gasteiger partial charge in [0, 0.05) is 18.0 Å². The van der Waals surface area contributed by atoms with Gasteiger partial charge in [0.2, 0.25) is 5.01 Å². The number of rotatable bonds is 2. The third kappa shape index (κ3) is 2.68. The van der Waals surface area contributed by atoms with E-state index in [2.05, 4.69) is 10.3 Å². The molecule has 6 heteroatoms. The molecule has 0 saturated heterocycles. The molecule has 2 heterocycles. The van der Waals surface area contributed by atoms with Crippen LogP contribution in [0.15, 0.2) is 0 Å². The average molecular weight is 249 g/mol. The van der Waals surface area contributed by atoms with E-state index in [0.29, 0.717) is 11.6 Å². The minimum Gasteiger partial charge on any atom is -0.461 e. The van der Waals surface area contributed by atoms with Crippen molar-refractivity contribution in [1.29, 1.82) is 0 Å². The van der Waals surface area contributed by atoms with Gasteiger partial charge < -0.3 is 10.1 Å². The second-order valence-electron chi connectivity index (χ2n) is 3.04. The quantitative estimate of drug-likeness (QED) is 0.804. The Labute approximate surface area is 98.5 Å². The fraction of sp³-hybridized carbons (Fsp3) is 0.556. The van der Waals surface area contributed by atoms with Gasteiger partial charge >= 0.3 is 5.97 Å². The lowest BCUT2D eigenvalue weighted by atomic mass is 10.2. The Hall–Kier alpha value is -0.650. The van der Waals surface area contributed by atoms with Crippen LogP contribution in [0.5, 0.6) is 0 Å². The standard InChI is InChI=1S/C9H12N2O2S.ClH/c1-2-13-9(12)8-11-6-5-10-4-3-7(6)14-8;/h10H,2-5H2,1H3;1H. The van der Waals surface area contributed by atoms with Crippen LogP contribution >= 0.6 is 23.7 Å². The molecule has 84 valence electrons. The first-order valence-electron chi connectivity index (χ1n) is 4.67. The number of esters is 1. The molecule has 15 heavy (non-hydrogen) atoms. The van der Waals surface area contributed by atoms with Gasteiger partial charge in [-0.25, -0.2) is 9.78 Å². The second kappa shape index (κ2) is 5.44. The van der Waals surface area contributed by atoms with Crippen LogP contribution in [0.25, 0.3) is 0 Å². The Bertz CT molecular complexity index is 330. The Kier molecular flexibility index (Phi) is 4.50. The Balaban J connectivity index is 0.00000112. The number of ether oxygens (including phenoxy) is 1. The lowest BCUT2D eigenvalue weighted by Crippen LogP contribution is -2.22. The van der Waals surface area contributed by atoms with Gasteiger partial charge in [-0.05, 0) is 13.3 Å². The molecule has 1 aromatic rings. The van der Waals surface area contributed by atoms with E-state index in [1.807, 2.05) is 0 Å². The summed E-state index contributed by atoms with van der Waals surface area (Å²) in [5, 5.41) is 3.70. The van der Waals surface area contributed by atoms with Crippen LogP contribution in [-0.4, -0.2) is 24.1 Å². The lowest BCUT2D eigenvalue weighted by Gasteiger charge is -2.09. The first-order valence-corrected chi connectivity index (χ1v) is 5.49. The molecule has 1 aliphatic rings. The summed E-state index contributed by atoms with van der Waals surface area (Å²) >= 11 is 1.46. The van der Waals surface area contributed by atoms with E-state index in [-0.39, 0.29) is 18.4 Å². The van der Waals surface area contributed by atoms with Crippen molar-refractivity contribution >= 4 is 29.7 Å². The molecule has 1 aromatic heterocycles. The van der Waals surface area contributed by atoms with Gasteiger partial charge in [-0.15, -0.1) is 23.7 Å². The van der Waals surface area contributed by atoms with E-state index in [1.54, 1.807) is 6.92 Å². The molecule has 1 N–H and O–H groups in total. The number of carbonyl (C=O) groups excluding carboxylic acids is 1. The fourth-order valence-corrected chi connectivity index (χ4v) is 2.38. The van der Waals surface area contributed by atoms with Crippen LogP contribution in [-0.2, 0) is 17.7 Å². The number of aromatic nitrogens is 1. The molecule has 0 atom stereocenters. The van der Waals surface area contributed by atoms with Crippen LogP contribution in [0.1, 0.15) is 27.3 Å². The summed E-state index contributed by atoms with van der Waals surface area (Å²) in [6, 6.07) is 0. The maximum absolute atomic E-state index is 11.4. The van der Waals surface area contributed by atoms with E-state index in [0.717, 1.165) is 25.2 Å². The summed E-state index contributed by atoms with van der Waals surface area (Å²) in [5.74, 6) is -0.299. The van der Waals surface area contributed by atoms with Crippen LogP contribution in [0.4, 0.5) is 0 Å². The van der Waals surface area contributed by atoms with Gasteiger partial charge in [-0.1, -0.05) is 0 Å². The number of carbonyl (C=O) groups is 1. The monoisotopic (exact) mass is 248 g/mol. The largest absolute Gasteiger partial charge is 0.461 e. The van der Waals surface area contributed by atoms with Crippen LogP contribution in [0, 0.1) is 0 Å². The van der Waals surface area contributed by atoms with Crippen LogP contribution in [0.3, 0.4) is 0 Å². The third-order valence-electron chi connectivity index (χ3n) is 2.05. The van der Waals surface area contributed by atoms with E-state index in [9.17, 15) is 4.79 Å². The minimum absolute atomic E-state index is 0. The maximum Gasteiger partial charge on any atom is 0.367 e. The molecule has 0 aliphatic carbocycles. The van der Waals surface area contributed by atoms with Crippen molar-refractivity contribution in [2.45, 2.75) is 19.9 Å². The minimum atomic E-state index is -0.299. The summed E-state index contributed by atoms with van der Waals surface area (Å²) in [6.45, 7) is 3.94. The first kappa shape index (κ1) is 12.4. The molecule has 2 rings (SSSR count). The molecule has 4 nitrogen and oxygen atoms in total. The third-order valence-corrected chi connectivity index (χ3v) is 3.19. The van der Waals surface area contributed by atoms with E-state index >= 15 is 0 Å². The summed E-state index contributed by atoms with van der Waals surface area (Å²) in [6.07, 6.45) is 0.965. The molecule has 0 amide bonds. The Morgan fingerprint density at radius 2 is 2.47 bits per heavy atom. The van der Waals surface area contributed by atoms with E-state index in [4.69, 9.17) is 4.74 Å². The number of nitrogens with zero attached hydrogens (tertiary/aromatic N) is 1. The summed E-state index contributed by atoms with van der Waals surface area (Å²) in [7, 11) is 0. The number of halogens is 1. The van der Waals surface area contributed by atoms with Gasteiger partial charge in [-0.2, -0.15) is 0 Å². The molecular weight excluding hydrogens is 236 g/mol. The molecule has 0 bridgehead atoms. The highest BCUT2D eigenvalue weighted by Crippen LogP contribution is 2.22. The SMILES string of the molecule is CCOC(=O)c1nc2c(s1)CCNC2.Cl. The molecule has 0 spiro atoms. The molecule has 0 unspecified atom stereocenters. The highest BCUT2D eigenvalue weighted by molar-refractivity contribution is 7.13. The normalized spacial score (nSPS) is 13.9. The van der Waals surface area contributed by atoms with E-state index in [1.165, 1.54) is 16.2 Å². The fourth-order valence-electron chi connectivity index (χ4n) is 1.41. The van der Waals surface area contributed by atoms with Gasteiger partial charge in [0.05, 0.1) is 12.3 Å². The van der Waals surface area contributed by atoms with Crippen LogP contribution < -0.4 is 5.32 Å². The maximum atomic E-state index is 11.4. The van der Waals surface area contributed by atoms with Crippen molar-refractivity contribution in [3.05, 3.63) is 15.6 Å². The van der Waals surface area contributed by atoms with Gasteiger partial charge in [0.25, 0.3) is 0 Å². The number of nitrogens with one attached hydrogen (secondary N) is 1. The topological polar surface area (TPSA) is 51.2 Å².